The molecule has 0 fully saturated rings. The van der Waals surface area contributed by atoms with Crippen molar-refractivity contribution in [3.05, 3.63) is 94.9 Å². The first-order valence-electron chi connectivity index (χ1n) is 12.9. The molecular weight excluding hydrogens is 480 g/mol. The van der Waals surface area contributed by atoms with Gasteiger partial charge < -0.3 is 24.7 Å². The summed E-state index contributed by atoms with van der Waals surface area (Å²) in [4.78, 5) is 12.8. The minimum atomic E-state index is -0.505. The molecule has 7 nitrogen and oxygen atoms in total. The molecule has 0 aliphatic carbocycles. The second-order valence-electron chi connectivity index (χ2n) is 8.98. The van der Waals surface area contributed by atoms with Crippen LogP contribution < -0.4 is 24.7 Å². The molecule has 3 aromatic carbocycles. The summed E-state index contributed by atoms with van der Waals surface area (Å²) in [7, 11) is 0. The monoisotopic (exact) mass is 512 g/mol. The number of hydrogen-bond acceptors (Lipinski definition) is 7. The molecule has 0 aromatic heterocycles. The highest BCUT2D eigenvalue weighted by Gasteiger charge is 2.33. The Balaban J connectivity index is 1.55. The van der Waals surface area contributed by atoms with Gasteiger partial charge in [-0.15, -0.1) is 0 Å². The number of nitriles is 1. The topological polar surface area (TPSA) is 104 Å². The number of benzene rings is 3. The zero-order valence-electron chi connectivity index (χ0n) is 21.7. The molecule has 0 saturated carbocycles. The molecule has 38 heavy (non-hydrogen) atoms. The predicted octanol–water partition coefficient (Wildman–Crippen LogP) is 6.48. The molecule has 0 saturated heterocycles. The second kappa shape index (κ2) is 12.7. The molecule has 1 unspecified atom stereocenters. The molecule has 1 aliphatic heterocycles. The van der Waals surface area contributed by atoms with Crippen LogP contribution in [0.2, 0.25) is 0 Å². The quantitative estimate of drug-likeness (QED) is 0.178. The number of carbonyl (C=O) groups excluding carboxylic acids is 1. The van der Waals surface area contributed by atoms with Gasteiger partial charge in [-0.1, -0.05) is 51.0 Å². The highest BCUT2D eigenvalue weighted by molar-refractivity contribution is 5.91. The molecule has 1 aliphatic rings. The fourth-order valence-electron chi connectivity index (χ4n) is 4.28. The number of nitrogens with two attached hydrogens (primary N) is 1. The first-order chi connectivity index (χ1) is 18.5. The number of hydrogen-bond donors (Lipinski definition) is 1. The third kappa shape index (κ3) is 6.09. The number of ether oxygens (including phenoxy) is 4. The maximum atomic E-state index is 12.8. The lowest BCUT2D eigenvalue weighted by atomic mass is 9.83. The van der Waals surface area contributed by atoms with Crippen LogP contribution in [0.25, 0.3) is 0 Å². The third-order valence-electron chi connectivity index (χ3n) is 6.20. The molecule has 7 heteroatoms. The van der Waals surface area contributed by atoms with Crippen molar-refractivity contribution >= 4 is 5.97 Å². The zero-order chi connectivity index (χ0) is 26.9. The van der Waals surface area contributed by atoms with Gasteiger partial charge in [0, 0.05) is 17.2 Å². The zero-order valence-corrected chi connectivity index (χ0v) is 21.7. The van der Waals surface area contributed by atoms with Crippen molar-refractivity contribution in [1.82, 2.24) is 0 Å². The molecule has 4 rings (SSSR count). The largest absolute Gasteiger partial charge is 0.494 e. The van der Waals surface area contributed by atoms with E-state index in [1.807, 2.05) is 31.2 Å². The van der Waals surface area contributed by atoms with Crippen LogP contribution in [0, 0.1) is 11.3 Å². The highest BCUT2D eigenvalue weighted by Crippen LogP contribution is 2.46. The van der Waals surface area contributed by atoms with Crippen LogP contribution >= 0.6 is 0 Å². The number of nitrogens with zero attached hydrogens (tertiary/aromatic N) is 1. The Morgan fingerprint density at radius 2 is 1.68 bits per heavy atom. The van der Waals surface area contributed by atoms with E-state index in [0.717, 1.165) is 36.8 Å². The van der Waals surface area contributed by atoms with E-state index in [1.165, 1.54) is 0 Å². The van der Waals surface area contributed by atoms with Crippen molar-refractivity contribution in [3.8, 4) is 29.1 Å². The SMILES string of the molecule is CCCCCOc1ccc(C(=O)Oc2ccc3c(c2)OC(N)=C(C#N)C3c2ccccc2OCCC)cc1. The van der Waals surface area contributed by atoms with Gasteiger partial charge >= 0.3 is 5.97 Å². The van der Waals surface area contributed by atoms with Crippen molar-refractivity contribution in [2.24, 2.45) is 5.73 Å². The standard InChI is InChI=1S/C31H32N2O5/c1-3-5-8-18-35-22-13-11-21(12-14-22)31(34)37-23-15-16-25-28(19-23)38-30(33)26(20-32)29(25)24-9-6-7-10-27(24)36-17-4-2/h6-7,9-16,19,29H,3-5,8,17-18,33H2,1-2H3. The molecule has 1 atom stereocenters. The molecule has 1 heterocycles. The summed E-state index contributed by atoms with van der Waals surface area (Å²) in [6.45, 7) is 5.37. The first-order valence-corrected chi connectivity index (χ1v) is 12.9. The van der Waals surface area contributed by atoms with Crippen LogP contribution in [-0.4, -0.2) is 19.2 Å². The lowest BCUT2D eigenvalue weighted by Gasteiger charge is -2.28. The van der Waals surface area contributed by atoms with Crippen LogP contribution in [0.4, 0.5) is 0 Å². The fraction of sp³-hybridized carbons (Fsp3) is 0.290. The Kier molecular flexibility index (Phi) is 8.89. The summed E-state index contributed by atoms with van der Waals surface area (Å²) in [5, 5.41) is 9.89. The van der Waals surface area contributed by atoms with E-state index in [2.05, 4.69) is 13.0 Å². The number of carbonyl (C=O) groups is 1. The van der Waals surface area contributed by atoms with Gasteiger partial charge in [0.15, 0.2) is 0 Å². The molecule has 0 radical (unpaired) electrons. The third-order valence-corrected chi connectivity index (χ3v) is 6.20. The van der Waals surface area contributed by atoms with Crippen LogP contribution in [-0.2, 0) is 0 Å². The Morgan fingerprint density at radius 3 is 2.42 bits per heavy atom. The maximum Gasteiger partial charge on any atom is 0.343 e. The summed E-state index contributed by atoms with van der Waals surface area (Å²) in [6, 6.07) is 21.7. The van der Waals surface area contributed by atoms with E-state index < -0.39 is 11.9 Å². The van der Waals surface area contributed by atoms with Crippen molar-refractivity contribution in [3.63, 3.8) is 0 Å². The molecule has 0 bridgehead atoms. The number of unbranched alkanes of at least 4 members (excludes halogenated alkanes) is 2. The molecule has 0 amide bonds. The van der Waals surface area contributed by atoms with Crippen LogP contribution in [0.5, 0.6) is 23.0 Å². The second-order valence-corrected chi connectivity index (χ2v) is 8.98. The maximum absolute atomic E-state index is 12.8. The van der Waals surface area contributed by atoms with Gasteiger partial charge in [0.1, 0.15) is 34.6 Å². The van der Waals surface area contributed by atoms with Crippen LogP contribution in [0.3, 0.4) is 0 Å². The van der Waals surface area contributed by atoms with Crippen LogP contribution in [0.1, 0.15) is 66.9 Å². The summed E-state index contributed by atoms with van der Waals surface area (Å²) in [5.74, 6) is 1.13. The molecule has 3 aromatic rings. The summed E-state index contributed by atoms with van der Waals surface area (Å²) in [5.41, 5.74) is 8.40. The fourth-order valence-corrected chi connectivity index (χ4v) is 4.28. The molecule has 0 spiro atoms. The van der Waals surface area contributed by atoms with E-state index in [-0.39, 0.29) is 5.88 Å². The minimum Gasteiger partial charge on any atom is -0.494 e. The number of para-hydroxylation sites is 1. The summed E-state index contributed by atoms with van der Waals surface area (Å²) < 4.78 is 23.1. The van der Waals surface area contributed by atoms with Crippen molar-refractivity contribution in [2.45, 2.75) is 45.4 Å². The van der Waals surface area contributed by atoms with Gasteiger partial charge in [0.2, 0.25) is 5.88 Å². The molecule has 2 N–H and O–H groups in total. The van der Waals surface area contributed by atoms with Gasteiger partial charge in [0.05, 0.1) is 24.7 Å². The molecule has 196 valence electrons. The van der Waals surface area contributed by atoms with Gasteiger partial charge in [-0.2, -0.15) is 5.26 Å². The van der Waals surface area contributed by atoms with Crippen LogP contribution in [0.15, 0.2) is 78.2 Å². The Morgan fingerprint density at radius 1 is 0.921 bits per heavy atom. The highest BCUT2D eigenvalue weighted by atomic mass is 16.5. The van der Waals surface area contributed by atoms with Crippen molar-refractivity contribution in [1.29, 1.82) is 5.26 Å². The number of allylic oxidation sites excluding steroid dienone is 1. The van der Waals surface area contributed by atoms with E-state index in [9.17, 15) is 10.1 Å². The summed E-state index contributed by atoms with van der Waals surface area (Å²) >= 11 is 0. The summed E-state index contributed by atoms with van der Waals surface area (Å²) in [6.07, 6.45) is 4.10. The Bertz CT molecular complexity index is 1340. The van der Waals surface area contributed by atoms with Crippen molar-refractivity contribution < 1.29 is 23.7 Å². The molecular formula is C31H32N2O5. The first kappa shape index (κ1) is 26.6. The number of esters is 1. The van der Waals surface area contributed by atoms with E-state index in [1.54, 1.807) is 42.5 Å². The smallest absolute Gasteiger partial charge is 0.343 e. The average Bonchev–Trinajstić information content (AvgIpc) is 2.94. The number of rotatable bonds is 11. The predicted molar refractivity (Wildman–Crippen MR) is 144 cm³/mol. The lowest BCUT2D eigenvalue weighted by molar-refractivity contribution is 0.0734. The van der Waals surface area contributed by atoms with E-state index in [0.29, 0.717) is 47.3 Å². The Hall–Kier alpha value is -4.44. The Labute approximate surface area is 223 Å². The van der Waals surface area contributed by atoms with Gasteiger partial charge in [0.25, 0.3) is 0 Å². The van der Waals surface area contributed by atoms with E-state index >= 15 is 0 Å². The normalized spacial score (nSPS) is 14.2. The lowest BCUT2D eigenvalue weighted by Crippen LogP contribution is -2.21. The number of fused-ring (bicyclic) bond motifs is 1. The van der Waals surface area contributed by atoms with Gasteiger partial charge in [-0.3, -0.25) is 0 Å². The van der Waals surface area contributed by atoms with Gasteiger partial charge in [-0.25, -0.2) is 4.79 Å². The van der Waals surface area contributed by atoms with Crippen molar-refractivity contribution in [2.75, 3.05) is 13.2 Å². The minimum absolute atomic E-state index is 0.00768. The van der Waals surface area contributed by atoms with E-state index in [4.69, 9.17) is 24.7 Å². The average molecular weight is 513 g/mol. The van der Waals surface area contributed by atoms with Gasteiger partial charge in [-0.05, 0) is 49.2 Å².